The van der Waals surface area contributed by atoms with Gasteiger partial charge in [0.15, 0.2) is 0 Å². The van der Waals surface area contributed by atoms with Crippen LogP contribution >= 0.6 is 0 Å². The minimum Gasteiger partial charge on any atom is -0.382 e. The van der Waals surface area contributed by atoms with Crippen LogP contribution in [0, 0.1) is 11.3 Å². The summed E-state index contributed by atoms with van der Waals surface area (Å²) in [6, 6.07) is 10.8. The van der Waals surface area contributed by atoms with Gasteiger partial charge in [0, 0.05) is 6.04 Å². The minimum atomic E-state index is 0.223. The van der Waals surface area contributed by atoms with Crippen LogP contribution in [-0.2, 0) is 12.8 Å². The number of nitrogens with two attached hydrogens (primary N) is 1. The van der Waals surface area contributed by atoms with Crippen molar-refractivity contribution in [3.63, 3.8) is 0 Å². The molecular formula is C15H15N5. The highest BCUT2D eigenvalue weighted by molar-refractivity contribution is 5.50. The number of rotatable bonds is 2. The van der Waals surface area contributed by atoms with E-state index in [4.69, 9.17) is 11.0 Å². The lowest BCUT2D eigenvalue weighted by Crippen LogP contribution is -2.28. The largest absolute Gasteiger partial charge is 0.382 e. The molecule has 0 aliphatic heterocycles. The maximum Gasteiger partial charge on any atom is 0.224 e. The third-order valence-corrected chi connectivity index (χ3v) is 3.62. The fourth-order valence-electron chi connectivity index (χ4n) is 2.55. The first kappa shape index (κ1) is 12.4. The Kier molecular flexibility index (Phi) is 3.21. The van der Waals surface area contributed by atoms with Crippen LogP contribution < -0.4 is 11.1 Å². The standard InChI is InChI=1S/C15H15N5/c16-8-12-9-18-15(20-14(12)17)19-13-6-5-10-3-1-2-4-11(10)7-13/h1-4,9,13H,5-7H2,(H3,17,18,19,20). The molecule has 0 fully saturated rings. The van der Waals surface area contributed by atoms with Crippen LogP contribution in [0.2, 0.25) is 0 Å². The van der Waals surface area contributed by atoms with Gasteiger partial charge in [0.2, 0.25) is 5.95 Å². The third kappa shape index (κ3) is 2.41. The number of nitriles is 1. The van der Waals surface area contributed by atoms with Gasteiger partial charge in [-0.15, -0.1) is 0 Å². The van der Waals surface area contributed by atoms with E-state index in [0.717, 1.165) is 19.3 Å². The molecule has 0 saturated heterocycles. The number of hydrogen-bond donors (Lipinski definition) is 2. The van der Waals surface area contributed by atoms with Crippen LogP contribution in [0.4, 0.5) is 11.8 Å². The summed E-state index contributed by atoms with van der Waals surface area (Å²) < 4.78 is 0. The molecule has 3 rings (SSSR count). The normalized spacial score (nSPS) is 17.1. The minimum absolute atomic E-state index is 0.223. The topological polar surface area (TPSA) is 87.6 Å². The Labute approximate surface area is 117 Å². The van der Waals surface area contributed by atoms with Gasteiger partial charge in [-0.2, -0.15) is 10.2 Å². The molecule has 1 aliphatic rings. The fraction of sp³-hybridized carbons (Fsp3) is 0.267. The van der Waals surface area contributed by atoms with Crippen LogP contribution in [0.3, 0.4) is 0 Å². The predicted octanol–water partition coefficient (Wildman–Crippen LogP) is 1.90. The third-order valence-electron chi connectivity index (χ3n) is 3.62. The van der Waals surface area contributed by atoms with Crippen molar-refractivity contribution in [1.29, 1.82) is 5.26 Å². The Morgan fingerprint density at radius 1 is 1.30 bits per heavy atom. The van der Waals surface area contributed by atoms with Crippen molar-refractivity contribution in [3.05, 3.63) is 47.2 Å². The van der Waals surface area contributed by atoms with E-state index in [1.807, 2.05) is 6.07 Å². The molecule has 0 spiro atoms. The molecule has 1 aromatic heterocycles. The molecular weight excluding hydrogens is 250 g/mol. The fourth-order valence-corrected chi connectivity index (χ4v) is 2.55. The number of hydrogen-bond acceptors (Lipinski definition) is 5. The van der Waals surface area contributed by atoms with Gasteiger partial charge in [0.1, 0.15) is 17.5 Å². The Morgan fingerprint density at radius 2 is 2.10 bits per heavy atom. The summed E-state index contributed by atoms with van der Waals surface area (Å²) in [6.07, 6.45) is 4.51. The molecule has 5 heteroatoms. The van der Waals surface area contributed by atoms with E-state index in [1.165, 1.54) is 17.3 Å². The zero-order valence-electron chi connectivity index (χ0n) is 11.0. The summed E-state index contributed by atoms with van der Waals surface area (Å²) in [4.78, 5) is 8.26. The molecule has 5 nitrogen and oxygen atoms in total. The molecule has 1 aromatic carbocycles. The lowest BCUT2D eigenvalue weighted by atomic mass is 9.88. The molecule has 20 heavy (non-hydrogen) atoms. The summed E-state index contributed by atoms with van der Waals surface area (Å²) in [6.45, 7) is 0. The Balaban J connectivity index is 1.74. The van der Waals surface area contributed by atoms with Gasteiger partial charge in [-0.3, -0.25) is 0 Å². The number of aryl methyl sites for hydroxylation is 1. The molecule has 1 heterocycles. The average Bonchev–Trinajstić information content (AvgIpc) is 2.47. The molecule has 0 radical (unpaired) electrons. The molecule has 1 aliphatic carbocycles. The first-order valence-electron chi connectivity index (χ1n) is 6.62. The highest BCUT2D eigenvalue weighted by Gasteiger charge is 2.19. The number of nitrogens with one attached hydrogen (secondary N) is 1. The van der Waals surface area contributed by atoms with E-state index in [1.54, 1.807) is 0 Å². The second kappa shape index (κ2) is 5.17. The second-order valence-corrected chi connectivity index (χ2v) is 4.96. The zero-order valence-corrected chi connectivity index (χ0v) is 11.0. The van der Waals surface area contributed by atoms with E-state index in [0.29, 0.717) is 17.6 Å². The first-order valence-corrected chi connectivity index (χ1v) is 6.62. The van der Waals surface area contributed by atoms with E-state index in [9.17, 15) is 0 Å². The number of nitrogens with zero attached hydrogens (tertiary/aromatic N) is 3. The van der Waals surface area contributed by atoms with E-state index < -0.39 is 0 Å². The molecule has 1 unspecified atom stereocenters. The van der Waals surface area contributed by atoms with Gasteiger partial charge >= 0.3 is 0 Å². The summed E-state index contributed by atoms with van der Waals surface area (Å²) in [5.41, 5.74) is 8.80. The lowest BCUT2D eigenvalue weighted by Gasteiger charge is -2.25. The lowest BCUT2D eigenvalue weighted by molar-refractivity contribution is 0.606. The van der Waals surface area contributed by atoms with Crippen molar-refractivity contribution in [3.8, 4) is 6.07 Å². The van der Waals surface area contributed by atoms with Crippen LogP contribution in [-0.4, -0.2) is 16.0 Å². The highest BCUT2D eigenvalue weighted by Crippen LogP contribution is 2.23. The van der Waals surface area contributed by atoms with Crippen LogP contribution in [0.1, 0.15) is 23.1 Å². The molecule has 0 amide bonds. The van der Waals surface area contributed by atoms with Crippen LogP contribution in [0.15, 0.2) is 30.5 Å². The maximum absolute atomic E-state index is 8.81. The summed E-state index contributed by atoms with van der Waals surface area (Å²) in [7, 11) is 0. The highest BCUT2D eigenvalue weighted by atomic mass is 15.1. The number of anilines is 2. The van der Waals surface area contributed by atoms with E-state index >= 15 is 0 Å². The number of aromatic nitrogens is 2. The van der Waals surface area contributed by atoms with Crippen molar-refractivity contribution in [1.82, 2.24) is 9.97 Å². The van der Waals surface area contributed by atoms with Crippen molar-refractivity contribution < 1.29 is 0 Å². The van der Waals surface area contributed by atoms with Gasteiger partial charge in [-0.1, -0.05) is 24.3 Å². The van der Waals surface area contributed by atoms with Gasteiger partial charge in [0.05, 0.1) is 6.20 Å². The quantitative estimate of drug-likeness (QED) is 0.865. The van der Waals surface area contributed by atoms with Gasteiger partial charge in [0.25, 0.3) is 0 Å². The predicted molar refractivity (Wildman–Crippen MR) is 77.0 cm³/mol. The van der Waals surface area contributed by atoms with Crippen molar-refractivity contribution in [2.45, 2.75) is 25.3 Å². The number of nitrogen functional groups attached to an aromatic ring is 1. The molecule has 100 valence electrons. The molecule has 2 aromatic rings. The van der Waals surface area contributed by atoms with Crippen LogP contribution in [0.5, 0.6) is 0 Å². The first-order chi connectivity index (χ1) is 9.76. The summed E-state index contributed by atoms with van der Waals surface area (Å²) in [5.74, 6) is 0.715. The number of benzene rings is 1. The number of fused-ring (bicyclic) bond motifs is 1. The molecule has 0 saturated carbocycles. The average molecular weight is 265 g/mol. The van der Waals surface area contributed by atoms with Crippen molar-refractivity contribution >= 4 is 11.8 Å². The smallest absolute Gasteiger partial charge is 0.224 e. The Bertz CT molecular complexity index is 674. The monoisotopic (exact) mass is 265 g/mol. The second-order valence-electron chi connectivity index (χ2n) is 4.96. The molecule has 0 bridgehead atoms. The maximum atomic E-state index is 8.81. The van der Waals surface area contributed by atoms with Gasteiger partial charge < -0.3 is 11.1 Å². The summed E-state index contributed by atoms with van der Waals surface area (Å²) >= 11 is 0. The summed E-state index contributed by atoms with van der Waals surface area (Å²) in [5, 5.41) is 12.1. The van der Waals surface area contributed by atoms with Crippen molar-refractivity contribution in [2.24, 2.45) is 0 Å². The van der Waals surface area contributed by atoms with E-state index in [-0.39, 0.29) is 5.82 Å². The van der Waals surface area contributed by atoms with Gasteiger partial charge in [-0.25, -0.2) is 4.98 Å². The molecule has 3 N–H and O–H groups in total. The van der Waals surface area contributed by atoms with Crippen LogP contribution in [0.25, 0.3) is 0 Å². The van der Waals surface area contributed by atoms with Crippen molar-refractivity contribution in [2.75, 3.05) is 11.1 Å². The van der Waals surface area contributed by atoms with E-state index in [2.05, 4.69) is 39.6 Å². The zero-order chi connectivity index (χ0) is 13.9. The Hall–Kier alpha value is -2.61. The van der Waals surface area contributed by atoms with Gasteiger partial charge in [-0.05, 0) is 30.4 Å². The Morgan fingerprint density at radius 3 is 2.85 bits per heavy atom. The SMILES string of the molecule is N#Cc1cnc(NC2CCc3ccccc3C2)nc1N. The molecule has 1 atom stereocenters.